The van der Waals surface area contributed by atoms with Gasteiger partial charge in [0.05, 0.1) is 6.61 Å². The number of likely N-dealkylation sites (N-methyl/N-ethyl adjacent to an activating group) is 1. The number of ether oxygens (including phenoxy) is 1. The van der Waals surface area contributed by atoms with Gasteiger partial charge >= 0.3 is 0 Å². The van der Waals surface area contributed by atoms with Crippen molar-refractivity contribution in [2.45, 2.75) is 12.5 Å². The van der Waals surface area contributed by atoms with E-state index in [-0.39, 0.29) is 0 Å². The van der Waals surface area contributed by atoms with Crippen molar-refractivity contribution in [1.82, 2.24) is 10.2 Å². The van der Waals surface area contributed by atoms with E-state index in [1.807, 2.05) is 0 Å². The summed E-state index contributed by atoms with van der Waals surface area (Å²) < 4.78 is 5.54. The Morgan fingerprint density at radius 3 is 3.25 bits per heavy atom. The fraction of sp³-hybridized carbons (Fsp3) is 0.538. The Kier molecular flexibility index (Phi) is 2.58. The Hall–Kier alpha value is -1.06. The molecule has 2 aliphatic heterocycles. The maximum atomic E-state index is 5.54. The molecule has 1 saturated heterocycles. The van der Waals surface area contributed by atoms with Crippen LogP contribution in [-0.2, 0) is 6.42 Å². The number of fused-ring (bicyclic) bond motifs is 1. The summed E-state index contributed by atoms with van der Waals surface area (Å²) in [4.78, 5) is 2.42. The standard InChI is InChI=1S/C13H18N2O/c1-15-6-5-14-9-12(15)10-2-3-13-11(8-10)4-7-16-13/h2-3,8,12,14H,4-7,9H2,1H3. The third kappa shape index (κ3) is 1.70. The van der Waals surface area contributed by atoms with E-state index < -0.39 is 0 Å². The predicted octanol–water partition coefficient (Wildman–Crippen LogP) is 1.20. The number of hydrogen-bond donors (Lipinski definition) is 1. The summed E-state index contributed by atoms with van der Waals surface area (Å²) >= 11 is 0. The van der Waals surface area contributed by atoms with E-state index in [4.69, 9.17) is 4.74 Å². The third-order valence-electron chi connectivity index (χ3n) is 3.61. The molecule has 16 heavy (non-hydrogen) atoms. The predicted molar refractivity (Wildman–Crippen MR) is 63.9 cm³/mol. The van der Waals surface area contributed by atoms with Crippen molar-refractivity contribution in [2.75, 3.05) is 33.3 Å². The van der Waals surface area contributed by atoms with Crippen LogP contribution in [0.4, 0.5) is 0 Å². The van der Waals surface area contributed by atoms with Crippen LogP contribution in [-0.4, -0.2) is 38.2 Å². The van der Waals surface area contributed by atoms with Gasteiger partial charge in [-0.3, -0.25) is 4.90 Å². The zero-order valence-corrected chi connectivity index (χ0v) is 9.70. The second kappa shape index (κ2) is 4.07. The molecule has 1 atom stereocenters. The van der Waals surface area contributed by atoms with E-state index in [1.54, 1.807) is 0 Å². The van der Waals surface area contributed by atoms with Crippen molar-refractivity contribution in [3.05, 3.63) is 29.3 Å². The topological polar surface area (TPSA) is 24.5 Å². The normalized spacial score (nSPS) is 25.2. The van der Waals surface area contributed by atoms with E-state index >= 15 is 0 Å². The van der Waals surface area contributed by atoms with Crippen LogP contribution >= 0.6 is 0 Å². The average molecular weight is 218 g/mol. The Morgan fingerprint density at radius 2 is 2.38 bits per heavy atom. The summed E-state index contributed by atoms with van der Waals surface area (Å²) in [6.07, 6.45) is 1.06. The van der Waals surface area contributed by atoms with Gasteiger partial charge in [-0.15, -0.1) is 0 Å². The van der Waals surface area contributed by atoms with Gasteiger partial charge in [-0.05, 0) is 24.2 Å². The molecule has 0 amide bonds. The first kappa shape index (κ1) is 10.1. The van der Waals surface area contributed by atoms with Crippen LogP contribution in [0.5, 0.6) is 5.75 Å². The van der Waals surface area contributed by atoms with Crippen LogP contribution in [0.1, 0.15) is 17.2 Å². The maximum Gasteiger partial charge on any atom is 0.122 e. The number of piperazine rings is 1. The second-order valence-corrected chi connectivity index (χ2v) is 4.67. The zero-order chi connectivity index (χ0) is 11.0. The molecule has 0 radical (unpaired) electrons. The number of nitrogens with zero attached hydrogens (tertiary/aromatic N) is 1. The number of hydrogen-bond acceptors (Lipinski definition) is 3. The lowest BCUT2D eigenvalue weighted by Gasteiger charge is -2.33. The SMILES string of the molecule is CN1CCNCC1c1ccc2c(c1)CCO2. The van der Waals surface area contributed by atoms with Crippen LogP contribution in [0.15, 0.2) is 18.2 Å². The number of nitrogens with one attached hydrogen (secondary N) is 1. The first-order chi connectivity index (χ1) is 7.84. The summed E-state index contributed by atoms with van der Waals surface area (Å²) in [7, 11) is 2.20. The molecule has 86 valence electrons. The summed E-state index contributed by atoms with van der Waals surface area (Å²) in [5, 5.41) is 3.46. The van der Waals surface area contributed by atoms with Crippen LogP contribution in [0.2, 0.25) is 0 Å². The van der Waals surface area contributed by atoms with Crippen LogP contribution in [0.3, 0.4) is 0 Å². The summed E-state index contributed by atoms with van der Waals surface area (Å²) in [5.74, 6) is 1.08. The lowest BCUT2D eigenvalue weighted by atomic mass is 10.0. The Bertz CT molecular complexity index is 392. The lowest BCUT2D eigenvalue weighted by Crippen LogP contribution is -2.43. The van der Waals surface area contributed by atoms with E-state index in [0.29, 0.717) is 6.04 Å². The quantitative estimate of drug-likeness (QED) is 0.766. The summed E-state index contributed by atoms with van der Waals surface area (Å²) in [6.45, 7) is 4.12. The Balaban J connectivity index is 1.88. The average Bonchev–Trinajstić information content (AvgIpc) is 2.76. The lowest BCUT2D eigenvalue weighted by molar-refractivity contribution is 0.202. The fourth-order valence-electron chi connectivity index (χ4n) is 2.59. The molecule has 0 aromatic heterocycles. The molecule has 1 unspecified atom stereocenters. The Morgan fingerprint density at radius 1 is 1.44 bits per heavy atom. The molecule has 0 spiro atoms. The highest BCUT2D eigenvalue weighted by molar-refractivity contribution is 5.41. The second-order valence-electron chi connectivity index (χ2n) is 4.67. The highest BCUT2D eigenvalue weighted by Gasteiger charge is 2.22. The van der Waals surface area contributed by atoms with Crippen molar-refractivity contribution in [1.29, 1.82) is 0 Å². The van der Waals surface area contributed by atoms with Gasteiger partial charge in [-0.2, -0.15) is 0 Å². The molecule has 1 aromatic rings. The van der Waals surface area contributed by atoms with Crippen LogP contribution < -0.4 is 10.1 Å². The van der Waals surface area contributed by atoms with Gasteiger partial charge in [0.15, 0.2) is 0 Å². The van der Waals surface area contributed by atoms with Crippen molar-refractivity contribution in [3.63, 3.8) is 0 Å². The molecule has 2 aliphatic rings. The van der Waals surface area contributed by atoms with E-state index in [9.17, 15) is 0 Å². The van der Waals surface area contributed by atoms with Gasteiger partial charge in [-0.25, -0.2) is 0 Å². The zero-order valence-electron chi connectivity index (χ0n) is 9.70. The van der Waals surface area contributed by atoms with E-state index in [2.05, 4.69) is 35.5 Å². The minimum absolute atomic E-state index is 0.514. The van der Waals surface area contributed by atoms with Gasteiger partial charge in [0.25, 0.3) is 0 Å². The van der Waals surface area contributed by atoms with Crippen molar-refractivity contribution < 1.29 is 4.74 Å². The molecule has 1 fully saturated rings. The molecule has 1 N–H and O–H groups in total. The molecule has 2 heterocycles. The number of rotatable bonds is 1. The molecular formula is C13H18N2O. The van der Waals surface area contributed by atoms with Crippen molar-refractivity contribution in [2.24, 2.45) is 0 Å². The molecule has 3 heteroatoms. The fourth-order valence-corrected chi connectivity index (χ4v) is 2.59. The summed E-state index contributed by atoms with van der Waals surface area (Å²) in [5.41, 5.74) is 2.79. The molecule has 0 saturated carbocycles. The highest BCUT2D eigenvalue weighted by Crippen LogP contribution is 2.30. The minimum atomic E-state index is 0.514. The minimum Gasteiger partial charge on any atom is -0.493 e. The molecule has 0 aliphatic carbocycles. The van der Waals surface area contributed by atoms with Gasteiger partial charge in [-0.1, -0.05) is 12.1 Å². The highest BCUT2D eigenvalue weighted by atomic mass is 16.5. The van der Waals surface area contributed by atoms with Gasteiger partial charge in [0.2, 0.25) is 0 Å². The first-order valence-corrected chi connectivity index (χ1v) is 6.01. The number of benzene rings is 1. The maximum absolute atomic E-state index is 5.54. The van der Waals surface area contributed by atoms with Gasteiger partial charge in [0.1, 0.15) is 5.75 Å². The first-order valence-electron chi connectivity index (χ1n) is 6.01. The van der Waals surface area contributed by atoms with Crippen LogP contribution in [0, 0.1) is 0 Å². The molecule has 1 aromatic carbocycles. The van der Waals surface area contributed by atoms with Crippen molar-refractivity contribution in [3.8, 4) is 5.75 Å². The largest absolute Gasteiger partial charge is 0.493 e. The van der Waals surface area contributed by atoms with Crippen molar-refractivity contribution >= 4 is 0 Å². The van der Waals surface area contributed by atoms with E-state index in [0.717, 1.165) is 38.4 Å². The summed E-state index contributed by atoms with van der Waals surface area (Å²) in [6, 6.07) is 7.16. The Labute approximate surface area is 96.4 Å². The monoisotopic (exact) mass is 218 g/mol. The molecule has 0 bridgehead atoms. The molecule has 3 rings (SSSR count). The van der Waals surface area contributed by atoms with Gasteiger partial charge in [0, 0.05) is 32.1 Å². The van der Waals surface area contributed by atoms with Crippen LogP contribution in [0.25, 0.3) is 0 Å². The molecular weight excluding hydrogens is 200 g/mol. The molecule has 3 nitrogen and oxygen atoms in total. The third-order valence-corrected chi connectivity index (χ3v) is 3.61. The van der Waals surface area contributed by atoms with E-state index in [1.165, 1.54) is 11.1 Å². The van der Waals surface area contributed by atoms with Gasteiger partial charge < -0.3 is 10.1 Å². The smallest absolute Gasteiger partial charge is 0.122 e.